The van der Waals surface area contributed by atoms with E-state index in [0.717, 1.165) is 11.1 Å². The van der Waals surface area contributed by atoms with Crippen LogP contribution in [0.2, 0.25) is 0 Å². The quantitative estimate of drug-likeness (QED) is 0.294. The van der Waals surface area contributed by atoms with E-state index in [1.807, 2.05) is 0 Å². The van der Waals surface area contributed by atoms with Crippen LogP contribution < -0.4 is 5.32 Å². The van der Waals surface area contributed by atoms with E-state index >= 15 is 0 Å². The minimum Gasteiger partial charge on any atom is -0.504 e. The van der Waals surface area contributed by atoms with E-state index in [1.54, 1.807) is 48.5 Å². The number of benzene rings is 3. The number of ketones is 2. The number of aryl methyl sites for hydroxylation is 2. The number of carbonyl (C=O) groups excluding carboxylic acids is 3. The van der Waals surface area contributed by atoms with Gasteiger partial charge in [0.05, 0.1) is 10.8 Å². The molecule has 1 amide bonds. The lowest BCUT2D eigenvalue weighted by Crippen LogP contribution is -2.40. The van der Waals surface area contributed by atoms with Crippen LogP contribution in [0.4, 0.5) is 5.69 Å². The van der Waals surface area contributed by atoms with Crippen molar-refractivity contribution < 1.29 is 28.8 Å². The number of phenolic OH excluding ortho intramolecular Hbond substituents is 2. The highest BCUT2D eigenvalue weighted by atomic mass is 32.2. The molecule has 0 aliphatic carbocycles. The van der Waals surface area contributed by atoms with Crippen molar-refractivity contribution >= 4 is 34.0 Å². The maximum Gasteiger partial charge on any atom is 0.292 e. The number of para-hydroxylation sites is 1. The van der Waals surface area contributed by atoms with E-state index in [-0.39, 0.29) is 22.8 Å². The number of nitrogens with one attached hydrogen (secondary N) is 1. The number of carbonyl (C=O) groups is 3. The fourth-order valence-corrected chi connectivity index (χ4v) is 5.20. The molecular weight excluding hydrogens is 442 g/mol. The van der Waals surface area contributed by atoms with Gasteiger partial charge in [-0.1, -0.05) is 42.5 Å². The van der Waals surface area contributed by atoms with Gasteiger partial charge in [-0.2, -0.15) is 0 Å². The van der Waals surface area contributed by atoms with E-state index in [9.17, 15) is 28.8 Å². The molecule has 3 aromatic carbocycles. The molecule has 2 atom stereocenters. The number of phenols is 2. The van der Waals surface area contributed by atoms with E-state index in [0.29, 0.717) is 23.4 Å². The van der Waals surface area contributed by atoms with Gasteiger partial charge in [0.2, 0.25) is 5.78 Å². The van der Waals surface area contributed by atoms with E-state index in [2.05, 4.69) is 5.32 Å². The monoisotopic (exact) mass is 463 g/mol. The SMILES string of the molecule is O=C(Nc1ccccc1CCc1ccc(O)c(O)c1)C(=O)C1CS(=O)c2ccccc2C1=O. The Hall–Kier alpha value is -3.78. The second-order valence-electron chi connectivity index (χ2n) is 7.72. The van der Waals surface area contributed by atoms with Crippen molar-refractivity contribution in [1.29, 1.82) is 0 Å². The van der Waals surface area contributed by atoms with Crippen LogP contribution in [0.25, 0.3) is 0 Å². The number of hydrogen-bond donors (Lipinski definition) is 3. The van der Waals surface area contributed by atoms with Gasteiger partial charge >= 0.3 is 0 Å². The number of rotatable bonds is 6. The summed E-state index contributed by atoms with van der Waals surface area (Å²) < 4.78 is 12.5. The Bertz CT molecular complexity index is 1290. The summed E-state index contributed by atoms with van der Waals surface area (Å²) in [7, 11) is -1.54. The largest absolute Gasteiger partial charge is 0.504 e. The molecule has 33 heavy (non-hydrogen) atoms. The van der Waals surface area contributed by atoms with Crippen LogP contribution in [0.15, 0.2) is 71.6 Å². The first-order valence-corrected chi connectivity index (χ1v) is 11.6. The number of Topliss-reactive ketones (excluding diaryl/α,β-unsaturated/α-hetero) is 2. The molecule has 3 aromatic rings. The minimum atomic E-state index is -1.54. The Morgan fingerprint density at radius 1 is 0.939 bits per heavy atom. The number of aromatic hydroxyl groups is 2. The van der Waals surface area contributed by atoms with E-state index in [1.165, 1.54) is 18.2 Å². The summed E-state index contributed by atoms with van der Waals surface area (Å²) in [4.78, 5) is 38.7. The normalized spacial score (nSPS) is 17.3. The molecule has 1 aliphatic heterocycles. The zero-order valence-corrected chi connectivity index (χ0v) is 18.3. The van der Waals surface area contributed by atoms with E-state index in [4.69, 9.17) is 0 Å². The van der Waals surface area contributed by atoms with Gasteiger partial charge in [0.25, 0.3) is 5.91 Å². The fraction of sp³-hybridized carbons (Fsp3) is 0.160. The summed E-state index contributed by atoms with van der Waals surface area (Å²) in [6.07, 6.45) is 1.01. The molecule has 0 aromatic heterocycles. The Morgan fingerprint density at radius 3 is 2.45 bits per heavy atom. The van der Waals surface area contributed by atoms with Gasteiger partial charge < -0.3 is 15.5 Å². The van der Waals surface area contributed by atoms with Gasteiger partial charge in [-0.3, -0.25) is 18.6 Å². The van der Waals surface area contributed by atoms with Crippen molar-refractivity contribution in [2.24, 2.45) is 5.92 Å². The van der Waals surface area contributed by atoms with Crippen molar-refractivity contribution in [2.75, 3.05) is 11.1 Å². The molecule has 2 unspecified atom stereocenters. The maximum atomic E-state index is 12.8. The molecule has 1 aliphatic rings. The molecule has 7 nitrogen and oxygen atoms in total. The third-order valence-electron chi connectivity index (χ3n) is 5.56. The summed E-state index contributed by atoms with van der Waals surface area (Å²) in [5.41, 5.74) is 2.20. The van der Waals surface area contributed by atoms with Crippen molar-refractivity contribution in [3.05, 3.63) is 83.4 Å². The van der Waals surface area contributed by atoms with Crippen LogP contribution in [0.1, 0.15) is 21.5 Å². The first-order chi connectivity index (χ1) is 15.8. The summed E-state index contributed by atoms with van der Waals surface area (Å²) in [5, 5.41) is 21.7. The molecule has 168 valence electrons. The molecule has 0 bridgehead atoms. The topological polar surface area (TPSA) is 121 Å². The third-order valence-corrected chi connectivity index (χ3v) is 7.04. The minimum absolute atomic E-state index is 0.203. The van der Waals surface area contributed by atoms with Gasteiger partial charge in [0.1, 0.15) is 5.92 Å². The zero-order chi connectivity index (χ0) is 23.5. The standard InChI is InChI=1S/C25H21NO6S/c27-20-12-10-15(13-21(20)28)9-11-16-5-1-3-7-19(16)26-25(31)24(30)18-14-33(32)22-8-4-2-6-17(22)23(18)29/h1-8,10,12-13,18,27-28H,9,11,14H2,(H,26,31). The molecule has 0 saturated heterocycles. The molecule has 0 saturated carbocycles. The number of anilines is 1. The maximum absolute atomic E-state index is 12.8. The lowest BCUT2D eigenvalue weighted by atomic mass is 9.94. The summed E-state index contributed by atoms with van der Waals surface area (Å²) in [5.74, 6) is -4.26. The van der Waals surface area contributed by atoms with Gasteiger partial charge in [-0.05, 0) is 48.2 Å². The molecule has 0 radical (unpaired) electrons. The molecule has 3 N–H and O–H groups in total. The fourth-order valence-electron chi connectivity index (χ4n) is 3.77. The first-order valence-electron chi connectivity index (χ1n) is 10.3. The van der Waals surface area contributed by atoms with Gasteiger partial charge in [0, 0.05) is 21.9 Å². The zero-order valence-electron chi connectivity index (χ0n) is 17.5. The molecule has 0 fully saturated rings. The Morgan fingerprint density at radius 2 is 1.67 bits per heavy atom. The molecule has 0 spiro atoms. The third kappa shape index (κ3) is 4.70. The highest BCUT2D eigenvalue weighted by Gasteiger charge is 2.39. The van der Waals surface area contributed by atoms with Crippen LogP contribution >= 0.6 is 0 Å². The summed E-state index contributed by atoms with van der Waals surface area (Å²) in [6, 6.07) is 17.9. The van der Waals surface area contributed by atoms with Crippen molar-refractivity contribution in [3.8, 4) is 11.5 Å². The summed E-state index contributed by atoms with van der Waals surface area (Å²) in [6.45, 7) is 0. The van der Waals surface area contributed by atoms with E-state index < -0.39 is 34.2 Å². The smallest absolute Gasteiger partial charge is 0.292 e. The number of amides is 1. The lowest BCUT2D eigenvalue weighted by Gasteiger charge is -2.21. The average Bonchev–Trinajstić information content (AvgIpc) is 2.82. The number of fused-ring (bicyclic) bond motifs is 1. The van der Waals surface area contributed by atoms with Crippen molar-refractivity contribution in [2.45, 2.75) is 17.7 Å². The second kappa shape index (κ2) is 9.38. The van der Waals surface area contributed by atoms with Crippen LogP contribution in [-0.4, -0.2) is 37.6 Å². The molecular formula is C25H21NO6S. The van der Waals surface area contributed by atoms with Crippen LogP contribution in [0.5, 0.6) is 11.5 Å². The molecule has 4 rings (SSSR count). The Balaban J connectivity index is 1.47. The molecule has 8 heteroatoms. The van der Waals surface area contributed by atoms with Crippen LogP contribution in [-0.2, 0) is 33.2 Å². The Kier molecular flexibility index (Phi) is 6.37. The molecule has 1 heterocycles. The van der Waals surface area contributed by atoms with Crippen molar-refractivity contribution in [3.63, 3.8) is 0 Å². The van der Waals surface area contributed by atoms with Crippen LogP contribution in [0.3, 0.4) is 0 Å². The second-order valence-corrected chi connectivity index (χ2v) is 9.19. The lowest BCUT2D eigenvalue weighted by molar-refractivity contribution is -0.136. The highest BCUT2D eigenvalue weighted by Crippen LogP contribution is 2.28. The van der Waals surface area contributed by atoms with Gasteiger partial charge in [-0.15, -0.1) is 0 Å². The predicted molar refractivity (Wildman–Crippen MR) is 123 cm³/mol. The van der Waals surface area contributed by atoms with Crippen LogP contribution in [0, 0.1) is 5.92 Å². The first kappa shape index (κ1) is 22.4. The average molecular weight is 464 g/mol. The highest BCUT2D eigenvalue weighted by molar-refractivity contribution is 7.85. The van der Waals surface area contributed by atoms with Gasteiger partial charge in [0.15, 0.2) is 17.3 Å². The van der Waals surface area contributed by atoms with Crippen molar-refractivity contribution in [1.82, 2.24) is 0 Å². The summed E-state index contributed by atoms with van der Waals surface area (Å²) >= 11 is 0. The predicted octanol–water partition coefficient (Wildman–Crippen LogP) is 3.01. The number of hydrogen-bond acceptors (Lipinski definition) is 6. The Labute approximate surface area is 192 Å². The van der Waals surface area contributed by atoms with Gasteiger partial charge in [-0.25, -0.2) is 0 Å².